The molecule has 4 heterocycles. The number of H-pyrrole nitrogens is 2. The molecule has 29 heavy (non-hydrogen) atoms. The Morgan fingerprint density at radius 1 is 1.07 bits per heavy atom. The molecule has 0 atom stereocenters. The van der Waals surface area contributed by atoms with Crippen LogP contribution in [0.2, 0.25) is 0 Å². The summed E-state index contributed by atoms with van der Waals surface area (Å²) >= 11 is 0. The maximum atomic E-state index is 13.2. The number of amides is 2. The molecule has 2 N–H and O–H groups in total. The zero-order chi connectivity index (χ0) is 19.6. The minimum Gasteiger partial charge on any atom is -0.348 e. The van der Waals surface area contributed by atoms with Gasteiger partial charge in [0.05, 0.1) is 17.6 Å². The van der Waals surface area contributed by atoms with Gasteiger partial charge in [0.25, 0.3) is 5.91 Å². The summed E-state index contributed by atoms with van der Waals surface area (Å²) in [4.78, 5) is 38.2. The summed E-state index contributed by atoms with van der Waals surface area (Å²) in [5.41, 5.74) is 4.62. The Balaban J connectivity index is 1.27. The average molecular weight is 394 g/mol. The van der Waals surface area contributed by atoms with Crippen molar-refractivity contribution in [3.8, 4) is 0 Å². The van der Waals surface area contributed by atoms with Crippen LogP contribution in [-0.4, -0.2) is 61.4 Å². The van der Waals surface area contributed by atoms with Crippen LogP contribution in [-0.2, 0) is 29.6 Å². The highest BCUT2D eigenvalue weighted by Crippen LogP contribution is 2.45. The molecule has 1 saturated heterocycles. The van der Waals surface area contributed by atoms with Crippen molar-refractivity contribution in [1.82, 2.24) is 30.0 Å². The van der Waals surface area contributed by atoms with E-state index in [0.717, 1.165) is 80.6 Å². The maximum Gasteiger partial charge on any atom is 0.274 e. The van der Waals surface area contributed by atoms with Crippen LogP contribution < -0.4 is 0 Å². The quantitative estimate of drug-likeness (QED) is 0.807. The van der Waals surface area contributed by atoms with Crippen molar-refractivity contribution in [3.05, 3.63) is 34.7 Å². The van der Waals surface area contributed by atoms with Gasteiger partial charge in [-0.05, 0) is 44.9 Å². The lowest BCUT2D eigenvalue weighted by molar-refractivity contribution is -0.143. The zero-order valence-corrected chi connectivity index (χ0v) is 16.5. The third-order valence-electron chi connectivity index (χ3n) is 7.34. The number of aromatic amines is 2. The van der Waals surface area contributed by atoms with Crippen molar-refractivity contribution < 1.29 is 9.59 Å². The second kappa shape index (κ2) is 6.18. The third-order valence-corrected chi connectivity index (χ3v) is 7.34. The van der Waals surface area contributed by atoms with Crippen LogP contribution in [0.3, 0.4) is 0 Å². The Morgan fingerprint density at radius 2 is 1.90 bits per heavy atom. The molecule has 1 spiro atoms. The van der Waals surface area contributed by atoms with Crippen molar-refractivity contribution in [3.63, 3.8) is 0 Å². The highest BCUT2D eigenvalue weighted by molar-refractivity contribution is 5.94. The van der Waals surface area contributed by atoms with Crippen LogP contribution in [0.1, 0.15) is 65.2 Å². The molecule has 2 aliphatic heterocycles. The van der Waals surface area contributed by atoms with E-state index in [9.17, 15) is 9.59 Å². The number of piperidine rings is 1. The summed E-state index contributed by atoms with van der Waals surface area (Å²) < 4.78 is 0. The SMILES string of the molecule is O=C(c1n[nH]c2c1CCC2)N1CCC2(CC1)c1nc[nH]c1CCN2C(=O)C1CC1. The first kappa shape index (κ1) is 17.2. The summed E-state index contributed by atoms with van der Waals surface area (Å²) in [5, 5.41) is 7.37. The summed E-state index contributed by atoms with van der Waals surface area (Å²) in [6.07, 6.45) is 9.08. The molecule has 4 aliphatic rings. The zero-order valence-electron chi connectivity index (χ0n) is 16.5. The van der Waals surface area contributed by atoms with Crippen LogP contribution in [0, 0.1) is 5.92 Å². The van der Waals surface area contributed by atoms with E-state index >= 15 is 0 Å². The molecular formula is C21H26N6O2. The van der Waals surface area contributed by atoms with Gasteiger partial charge >= 0.3 is 0 Å². The molecule has 0 bridgehead atoms. The van der Waals surface area contributed by atoms with E-state index in [0.29, 0.717) is 18.8 Å². The average Bonchev–Trinajstić information content (AvgIpc) is 3.12. The fourth-order valence-electron chi connectivity index (χ4n) is 5.58. The molecule has 152 valence electrons. The number of likely N-dealkylation sites (tertiary alicyclic amines) is 1. The van der Waals surface area contributed by atoms with Gasteiger partial charge in [0, 0.05) is 48.9 Å². The molecule has 8 nitrogen and oxygen atoms in total. The Bertz CT molecular complexity index is 979. The van der Waals surface area contributed by atoms with Gasteiger partial charge in [-0.3, -0.25) is 14.7 Å². The molecule has 6 rings (SSSR count). The fourth-order valence-corrected chi connectivity index (χ4v) is 5.58. The van der Waals surface area contributed by atoms with E-state index in [1.54, 1.807) is 6.33 Å². The summed E-state index contributed by atoms with van der Waals surface area (Å²) in [6, 6.07) is 0. The van der Waals surface area contributed by atoms with E-state index in [2.05, 4.69) is 25.1 Å². The number of aryl methyl sites for hydroxylation is 1. The number of carbonyl (C=O) groups excluding carboxylic acids is 2. The second-order valence-corrected chi connectivity index (χ2v) is 8.95. The van der Waals surface area contributed by atoms with E-state index in [4.69, 9.17) is 0 Å². The minimum absolute atomic E-state index is 0.0254. The Morgan fingerprint density at radius 3 is 2.69 bits per heavy atom. The molecule has 0 radical (unpaired) electrons. The highest BCUT2D eigenvalue weighted by Gasteiger charge is 2.51. The topological polar surface area (TPSA) is 98.0 Å². The van der Waals surface area contributed by atoms with E-state index in [1.165, 1.54) is 0 Å². The van der Waals surface area contributed by atoms with Crippen LogP contribution >= 0.6 is 0 Å². The summed E-state index contributed by atoms with van der Waals surface area (Å²) in [5.74, 6) is 0.500. The number of carbonyl (C=O) groups is 2. The van der Waals surface area contributed by atoms with Crippen LogP contribution in [0.5, 0.6) is 0 Å². The standard InChI is InChI=1S/C21H26N6O2/c28-19(13-4-5-13)27-9-6-16-18(23-12-22-16)21(27)7-10-26(11-8-21)20(29)17-14-2-1-3-15(14)24-25-17/h12-13H,1-11H2,(H,22,23)(H,24,25). The van der Waals surface area contributed by atoms with Crippen molar-refractivity contribution >= 4 is 11.8 Å². The minimum atomic E-state index is -0.377. The molecule has 2 aliphatic carbocycles. The lowest BCUT2D eigenvalue weighted by Gasteiger charge is -2.50. The van der Waals surface area contributed by atoms with Crippen molar-refractivity contribution in [2.45, 2.75) is 56.9 Å². The highest BCUT2D eigenvalue weighted by atomic mass is 16.2. The van der Waals surface area contributed by atoms with Crippen LogP contribution in [0.15, 0.2) is 6.33 Å². The number of imidazole rings is 1. The van der Waals surface area contributed by atoms with E-state index < -0.39 is 0 Å². The van der Waals surface area contributed by atoms with Gasteiger partial charge in [0.2, 0.25) is 5.91 Å². The van der Waals surface area contributed by atoms with Gasteiger partial charge in [-0.1, -0.05) is 0 Å². The molecule has 0 aromatic carbocycles. The predicted octanol–water partition coefficient (Wildman–Crippen LogP) is 1.55. The first-order valence-corrected chi connectivity index (χ1v) is 10.9. The van der Waals surface area contributed by atoms with Gasteiger partial charge in [0.1, 0.15) is 0 Å². The Kier molecular flexibility index (Phi) is 3.67. The molecule has 0 unspecified atom stereocenters. The second-order valence-electron chi connectivity index (χ2n) is 8.95. The molecule has 8 heteroatoms. The van der Waals surface area contributed by atoms with E-state index in [-0.39, 0.29) is 23.3 Å². The summed E-state index contributed by atoms with van der Waals surface area (Å²) in [6.45, 7) is 1.99. The normalized spacial score (nSPS) is 22.6. The number of nitrogens with zero attached hydrogens (tertiary/aromatic N) is 4. The van der Waals surface area contributed by atoms with Gasteiger partial charge in [0.15, 0.2) is 5.69 Å². The lowest BCUT2D eigenvalue weighted by Crippen LogP contribution is -2.59. The lowest BCUT2D eigenvalue weighted by atomic mass is 9.78. The van der Waals surface area contributed by atoms with Crippen molar-refractivity contribution in [2.24, 2.45) is 5.92 Å². The molecule has 1 saturated carbocycles. The molecular weight excluding hydrogens is 368 g/mol. The largest absolute Gasteiger partial charge is 0.348 e. The van der Waals surface area contributed by atoms with Gasteiger partial charge in [-0.25, -0.2) is 4.98 Å². The van der Waals surface area contributed by atoms with Crippen LogP contribution in [0.25, 0.3) is 0 Å². The molecule has 2 amide bonds. The number of fused-ring (bicyclic) bond motifs is 3. The number of hydrogen-bond donors (Lipinski definition) is 2. The van der Waals surface area contributed by atoms with Gasteiger partial charge in [-0.15, -0.1) is 0 Å². The predicted molar refractivity (Wildman–Crippen MR) is 104 cm³/mol. The Labute approximate surface area is 169 Å². The number of hydrogen-bond acceptors (Lipinski definition) is 4. The van der Waals surface area contributed by atoms with Crippen LogP contribution in [0.4, 0.5) is 0 Å². The molecule has 2 aromatic heterocycles. The van der Waals surface area contributed by atoms with E-state index in [1.807, 2.05) is 4.90 Å². The number of rotatable bonds is 2. The number of nitrogens with one attached hydrogen (secondary N) is 2. The maximum absolute atomic E-state index is 13.2. The molecule has 2 fully saturated rings. The van der Waals surface area contributed by atoms with Gasteiger partial charge in [-0.2, -0.15) is 5.10 Å². The van der Waals surface area contributed by atoms with Crippen molar-refractivity contribution in [2.75, 3.05) is 19.6 Å². The van der Waals surface area contributed by atoms with Gasteiger partial charge < -0.3 is 14.8 Å². The smallest absolute Gasteiger partial charge is 0.274 e. The first-order valence-electron chi connectivity index (χ1n) is 10.9. The summed E-state index contributed by atoms with van der Waals surface area (Å²) in [7, 11) is 0. The fraction of sp³-hybridized carbons (Fsp3) is 0.619. The van der Waals surface area contributed by atoms with Crippen molar-refractivity contribution in [1.29, 1.82) is 0 Å². The monoisotopic (exact) mass is 394 g/mol. The Hall–Kier alpha value is -2.64. The number of aromatic nitrogens is 4. The third kappa shape index (κ3) is 2.50. The first-order chi connectivity index (χ1) is 14.2. The molecule has 2 aromatic rings.